The molecular formula is C16H17Cl2N3O2S. The molecular weight excluding hydrogens is 369 g/mol. The summed E-state index contributed by atoms with van der Waals surface area (Å²) in [4.78, 5) is 31.0. The number of thioether (sulfide) groups is 1. The van der Waals surface area contributed by atoms with Gasteiger partial charge in [0.05, 0.1) is 5.25 Å². The summed E-state index contributed by atoms with van der Waals surface area (Å²) in [5.41, 5.74) is 1.02. The second-order valence-corrected chi connectivity index (χ2v) is 7.40. The number of halogens is 2. The van der Waals surface area contributed by atoms with Crippen molar-refractivity contribution >= 4 is 46.6 Å². The topological polar surface area (TPSA) is 74.8 Å². The zero-order valence-electron chi connectivity index (χ0n) is 13.2. The molecule has 128 valence electrons. The van der Waals surface area contributed by atoms with Crippen molar-refractivity contribution in [1.82, 2.24) is 9.97 Å². The highest BCUT2D eigenvalue weighted by Gasteiger charge is 2.17. The molecule has 0 radical (unpaired) electrons. The summed E-state index contributed by atoms with van der Waals surface area (Å²) in [7, 11) is 0. The second-order valence-electron chi connectivity index (χ2n) is 5.20. The lowest BCUT2D eigenvalue weighted by Gasteiger charge is -2.12. The Balaban J connectivity index is 2.07. The van der Waals surface area contributed by atoms with Crippen molar-refractivity contribution < 1.29 is 4.79 Å². The van der Waals surface area contributed by atoms with Crippen LogP contribution in [0.25, 0.3) is 0 Å². The van der Waals surface area contributed by atoms with Gasteiger partial charge >= 0.3 is 0 Å². The minimum atomic E-state index is -0.456. The van der Waals surface area contributed by atoms with E-state index in [2.05, 4.69) is 15.3 Å². The molecule has 0 spiro atoms. The predicted octanol–water partition coefficient (Wildman–Crippen LogP) is 4.15. The van der Waals surface area contributed by atoms with E-state index < -0.39 is 5.25 Å². The van der Waals surface area contributed by atoms with E-state index in [4.69, 9.17) is 23.2 Å². The summed E-state index contributed by atoms with van der Waals surface area (Å²) in [5, 5.41) is 3.60. The number of hydrogen-bond acceptors (Lipinski definition) is 4. The summed E-state index contributed by atoms with van der Waals surface area (Å²) >= 11 is 13.0. The van der Waals surface area contributed by atoms with Crippen LogP contribution < -0.4 is 10.9 Å². The van der Waals surface area contributed by atoms with Crippen LogP contribution >= 0.6 is 35.0 Å². The Morgan fingerprint density at radius 2 is 1.96 bits per heavy atom. The van der Waals surface area contributed by atoms with Gasteiger partial charge < -0.3 is 10.3 Å². The Labute approximate surface area is 154 Å². The minimum absolute atomic E-state index is 0.217. The first-order valence-corrected chi connectivity index (χ1v) is 9.04. The molecule has 2 aromatic rings. The molecule has 0 unspecified atom stereocenters. The lowest BCUT2D eigenvalue weighted by atomic mass is 10.2. The van der Waals surface area contributed by atoms with E-state index in [0.717, 1.165) is 18.5 Å². The lowest BCUT2D eigenvalue weighted by molar-refractivity contribution is -0.115. The van der Waals surface area contributed by atoms with Gasteiger partial charge in [0.25, 0.3) is 5.56 Å². The van der Waals surface area contributed by atoms with E-state index in [1.165, 1.54) is 17.8 Å². The first-order valence-electron chi connectivity index (χ1n) is 7.41. The maximum atomic E-state index is 12.3. The molecule has 0 aliphatic heterocycles. The van der Waals surface area contributed by atoms with Crippen molar-refractivity contribution in [3.8, 4) is 0 Å². The fourth-order valence-electron chi connectivity index (χ4n) is 2.01. The molecule has 5 nitrogen and oxygen atoms in total. The van der Waals surface area contributed by atoms with Crippen LogP contribution in [0.1, 0.15) is 26.0 Å². The third-order valence-corrected chi connectivity index (χ3v) is 4.49. The number of rotatable bonds is 6. The number of benzene rings is 1. The maximum Gasteiger partial charge on any atom is 0.251 e. The van der Waals surface area contributed by atoms with E-state index in [-0.39, 0.29) is 11.5 Å². The summed E-state index contributed by atoms with van der Waals surface area (Å²) in [5.74, 6) is -0.234. The SMILES string of the molecule is CCCc1cc(=O)[nH]c(S[C@@H](C)C(=O)Nc2cc(Cl)cc(Cl)c2)n1. The normalized spacial score (nSPS) is 12.0. The molecule has 1 atom stereocenters. The molecule has 0 aliphatic rings. The zero-order valence-corrected chi connectivity index (χ0v) is 15.6. The Bertz CT molecular complexity index is 775. The molecule has 1 aromatic carbocycles. The monoisotopic (exact) mass is 385 g/mol. The van der Waals surface area contributed by atoms with Gasteiger partial charge in [0, 0.05) is 27.5 Å². The van der Waals surface area contributed by atoms with Gasteiger partial charge in [-0.2, -0.15) is 0 Å². The van der Waals surface area contributed by atoms with Gasteiger partial charge in [-0.15, -0.1) is 0 Å². The van der Waals surface area contributed by atoms with Crippen LogP contribution in [0.2, 0.25) is 10.0 Å². The molecule has 0 aliphatic carbocycles. The van der Waals surface area contributed by atoms with Crippen LogP contribution in [0.15, 0.2) is 34.2 Å². The summed E-state index contributed by atoms with van der Waals surface area (Å²) in [6.45, 7) is 3.75. The van der Waals surface area contributed by atoms with Crippen molar-refractivity contribution in [2.75, 3.05) is 5.32 Å². The molecule has 0 saturated carbocycles. The lowest BCUT2D eigenvalue weighted by Crippen LogP contribution is -2.23. The molecule has 1 amide bonds. The summed E-state index contributed by atoms with van der Waals surface area (Å²) in [6, 6.07) is 6.30. The van der Waals surface area contributed by atoms with Crippen molar-refractivity contribution in [2.45, 2.75) is 37.1 Å². The van der Waals surface area contributed by atoms with E-state index in [9.17, 15) is 9.59 Å². The van der Waals surface area contributed by atoms with Crippen molar-refractivity contribution in [2.24, 2.45) is 0 Å². The van der Waals surface area contributed by atoms with E-state index >= 15 is 0 Å². The number of hydrogen-bond donors (Lipinski definition) is 2. The molecule has 1 aromatic heterocycles. The number of carbonyl (C=O) groups is 1. The number of carbonyl (C=O) groups excluding carboxylic acids is 1. The third-order valence-electron chi connectivity index (χ3n) is 3.07. The Hall–Kier alpha value is -1.50. The zero-order chi connectivity index (χ0) is 17.7. The van der Waals surface area contributed by atoms with Crippen LogP contribution in [0.4, 0.5) is 5.69 Å². The highest BCUT2D eigenvalue weighted by atomic mass is 35.5. The van der Waals surface area contributed by atoms with Crippen molar-refractivity contribution in [3.63, 3.8) is 0 Å². The van der Waals surface area contributed by atoms with E-state index in [0.29, 0.717) is 20.9 Å². The Morgan fingerprint density at radius 1 is 1.29 bits per heavy atom. The Morgan fingerprint density at radius 3 is 2.58 bits per heavy atom. The fourth-order valence-corrected chi connectivity index (χ4v) is 3.37. The van der Waals surface area contributed by atoms with Crippen molar-refractivity contribution in [3.05, 3.63) is 50.4 Å². The van der Waals surface area contributed by atoms with Gasteiger partial charge in [-0.05, 0) is 31.5 Å². The summed E-state index contributed by atoms with van der Waals surface area (Å²) < 4.78 is 0. The quantitative estimate of drug-likeness (QED) is 0.578. The number of aryl methyl sites for hydroxylation is 1. The number of anilines is 1. The van der Waals surface area contributed by atoms with Gasteiger partial charge in [-0.25, -0.2) is 4.98 Å². The molecule has 0 fully saturated rings. The molecule has 0 saturated heterocycles. The van der Waals surface area contributed by atoms with Crippen LogP contribution in [0.5, 0.6) is 0 Å². The standard InChI is InChI=1S/C16H17Cl2N3O2S/c1-3-4-12-8-14(22)21-16(20-12)24-9(2)15(23)19-13-6-10(17)5-11(18)7-13/h5-9H,3-4H2,1-2H3,(H,19,23)(H,20,21,22)/t9-/m0/s1. The van der Waals surface area contributed by atoms with Crippen LogP contribution in [-0.4, -0.2) is 21.1 Å². The largest absolute Gasteiger partial charge is 0.325 e. The van der Waals surface area contributed by atoms with Gasteiger partial charge in [0.2, 0.25) is 5.91 Å². The van der Waals surface area contributed by atoms with Gasteiger partial charge in [-0.1, -0.05) is 48.3 Å². The molecule has 8 heteroatoms. The predicted molar refractivity (Wildman–Crippen MR) is 99.3 cm³/mol. The summed E-state index contributed by atoms with van der Waals surface area (Å²) in [6.07, 6.45) is 1.62. The molecule has 2 rings (SSSR count). The molecule has 2 N–H and O–H groups in total. The molecule has 0 bridgehead atoms. The van der Waals surface area contributed by atoms with Gasteiger partial charge in [-0.3, -0.25) is 9.59 Å². The average molecular weight is 386 g/mol. The highest BCUT2D eigenvalue weighted by molar-refractivity contribution is 8.00. The number of nitrogens with zero attached hydrogens (tertiary/aromatic N) is 1. The number of H-pyrrole nitrogens is 1. The fraction of sp³-hybridized carbons (Fsp3) is 0.312. The van der Waals surface area contributed by atoms with E-state index in [1.54, 1.807) is 25.1 Å². The first-order chi connectivity index (χ1) is 11.4. The Kier molecular flexibility index (Phi) is 6.71. The minimum Gasteiger partial charge on any atom is -0.325 e. The smallest absolute Gasteiger partial charge is 0.251 e. The average Bonchev–Trinajstić information content (AvgIpc) is 2.45. The third kappa shape index (κ3) is 5.54. The molecule has 1 heterocycles. The van der Waals surface area contributed by atoms with Gasteiger partial charge in [0.1, 0.15) is 0 Å². The highest BCUT2D eigenvalue weighted by Crippen LogP contribution is 2.24. The number of nitrogens with one attached hydrogen (secondary N) is 2. The molecule has 24 heavy (non-hydrogen) atoms. The van der Waals surface area contributed by atoms with Crippen molar-refractivity contribution in [1.29, 1.82) is 0 Å². The van der Waals surface area contributed by atoms with Crippen LogP contribution in [0.3, 0.4) is 0 Å². The maximum absolute atomic E-state index is 12.3. The number of aromatic nitrogens is 2. The van der Waals surface area contributed by atoms with Gasteiger partial charge in [0.15, 0.2) is 5.16 Å². The van der Waals surface area contributed by atoms with Crippen LogP contribution in [0, 0.1) is 0 Å². The first kappa shape index (κ1) is 18.8. The second kappa shape index (κ2) is 8.55. The van der Waals surface area contributed by atoms with Crippen LogP contribution in [-0.2, 0) is 11.2 Å². The number of aromatic amines is 1. The van der Waals surface area contributed by atoms with E-state index in [1.807, 2.05) is 6.92 Å². The number of amides is 1.